The number of nitrogens with one attached hydrogen (secondary N) is 1. The van der Waals surface area contributed by atoms with Crippen molar-refractivity contribution in [3.05, 3.63) is 0 Å². The van der Waals surface area contributed by atoms with Crippen LogP contribution in [0.4, 0.5) is 0 Å². The third kappa shape index (κ3) is 4.22. The zero-order valence-electron chi connectivity index (χ0n) is 15.4. The Morgan fingerprint density at radius 3 is 2.46 bits per heavy atom. The van der Waals surface area contributed by atoms with Gasteiger partial charge in [0.25, 0.3) is 0 Å². The van der Waals surface area contributed by atoms with Crippen LogP contribution in [-0.4, -0.2) is 60.9 Å². The van der Waals surface area contributed by atoms with Crippen molar-refractivity contribution in [2.75, 3.05) is 39.3 Å². The Morgan fingerprint density at radius 1 is 1.00 bits per heavy atom. The summed E-state index contributed by atoms with van der Waals surface area (Å²) in [5.74, 6) is 1.30. The van der Waals surface area contributed by atoms with E-state index in [1.165, 1.54) is 38.5 Å². The van der Waals surface area contributed by atoms with Crippen LogP contribution in [0.25, 0.3) is 0 Å². The largest absolute Gasteiger partial charge is 0.357 e. The molecule has 0 unspecified atom stereocenters. The molecule has 0 aromatic rings. The third-order valence-corrected chi connectivity index (χ3v) is 6.03. The lowest BCUT2D eigenvalue weighted by atomic mass is 9.73. The van der Waals surface area contributed by atoms with Crippen LogP contribution < -0.4 is 5.32 Å². The number of likely N-dealkylation sites (tertiary alicyclic amines) is 2. The van der Waals surface area contributed by atoms with Crippen LogP contribution in [0.1, 0.15) is 64.7 Å². The van der Waals surface area contributed by atoms with Crippen molar-refractivity contribution in [3.63, 3.8) is 0 Å². The smallest absolute Gasteiger partial charge is 0.224 e. The number of amides is 1. The lowest BCUT2D eigenvalue weighted by Gasteiger charge is -2.33. The van der Waals surface area contributed by atoms with Crippen LogP contribution in [0.15, 0.2) is 4.99 Å². The van der Waals surface area contributed by atoms with Crippen molar-refractivity contribution in [1.82, 2.24) is 15.1 Å². The fourth-order valence-electron chi connectivity index (χ4n) is 4.63. The normalized spacial score (nSPS) is 24.0. The molecule has 3 rings (SSSR count). The summed E-state index contributed by atoms with van der Waals surface area (Å²) in [4.78, 5) is 21.4. The van der Waals surface area contributed by atoms with Crippen molar-refractivity contribution < 1.29 is 4.79 Å². The minimum atomic E-state index is 0.275. The van der Waals surface area contributed by atoms with E-state index in [1.54, 1.807) is 0 Å². The highest BCUT2D eigenvalue weighted by Crippen LogP contribution is 2.43. The van der Waals surface area contributed by atoms with E-state index in [-0.39, 0.29) is 5.91 Å². The van der Waals surface area contributed by atoms with E-state index in [1.807, 2.05) is 4.90 Å². The molecule has 1 saturated carbocycles. The van der Waals surface area contributed by atoms with Gasteiger partial charge in [-0.2, -0.15) is 0 Å². The van der Waals surface area contributed by atoms with Gasteiger partial charge in [-0.1, -0.05) is 19.3 Å². The molecule has 0 aromatic carbocycles. The number of hydrogen-bond acceptors (Lipinski definition) is 2. The highest BCUT2D eigenvalue weighted by atomic mass is 16.2. The van der Waals surface area contributed by atoms with Gasteiger partial charge in [0.05, 0.1) is 6.54 Å². The second-order valence-electron chi connectivity index (χ2n) is 7.81. The topological polar surface area (TPSA) is 47.9 Å². The van der Waals surface area contributed by atoms with E-state index >= 15 is 0 Å². The Bertz CT molecular complexity index is 450. The summed E-state index contributed by atoms with van der Waals surface area (Å²) in [7, 11) is 0. The summed E-state index contributed by atoms with van der Waals surface area (Å²) in [6.45, 7) is 7.78. The first-order chi connectivity index (χ1) is 11.7. The van der Waals surface area contributed by atoms with Gasteiger partial charge in [0.1, 0.15) is 0 Å². The van der Waals surface area contributed by atoms with Gasteiger partial charge in [-0.15, -0.1) is 0 Å². The molecule has 1 amide bonds. The Morgan fingerprint density at radius 2 is 1.75 bits per heavy atom. The molecule has 0 radical (unpaired) electrons. The predicted molar refractivity (Wildman–Crippen MR) is 98.1 cm³/mol. The van der Waals surface area contributed by atoms with Crippen LogP contribution >= 0.6 is 0 Å². The minimum Gasteiger partial charge on any atom is -0.357 e. The van der Waals surface area contributed by atoms with E-state index in [4.69, 9.17) is 4.99 Å². The van der Waals surface area contributed by atoms with E-state index in [9.17, 15) is 4.79 Å². The third-order valence-electron chi connectivity index (χ3n) is 6.03. The molecule has 5 heteroatoms. The molecule has 136 valence electrons. The molecule has 3 fully saturated rings. The molecule has 1 aliphatic carbocycles. The number of rotatable bonds is 4. The molecule has 3 aliphatic rings. The quantitative estimate of drug-likeness (QED) is 0.635. The van der Waals surface area contributed by atoms with Gasteiger partial charge in [0, 0.05) is 39.1 Å². The SMILES string of the molecule is CCNC(=NCCC(=O)N1CCCC1)N1CCC2(CCCCC2)C1. The lowest BCUT2D eigenvalue weighted by Crippen LogP contribution is -2.42. The average Bonchev–Trinajstić information content (AvgIpc) is 3.25. The molecule has 2 aliphatic heterocycles. The average molecular weight is 335 g/mol. The highest BCUT2D eigenvalue weighted by Gasteiger charge is 2.39. The van der Waals surface area contributed by atoms with Crippen molar-refractivity contribution in [2.24, 2.45) is 10.4 Å². The molecule has 5 nitrogen and oxygen atoms in total. The standard InChI is InChI=1S/C19H34N4O/c1-2-20-18(21-12-8-17(24)22-13-6-7-14-22)23-15-11-19(16-23)9-4-3-5-10-19/h2-16H2,1H3,(H,20,21). The van der Waals surface area contributed by atoms with Crippen LogP contribution in [0.2, 0.25) is 0 Å². The first-order valence-electron chi connectivity index (χ1n) is 10.0. The first kappa shape index (κ1) is 17.6. The Hall–Kier alpha value is -1.26. The van der Waals surface area contributed by atoms with E-state index in [0.29, 0.717) is 18.4 Å². The second-order valence-corrected chi connectivity index (χ2v) is 7.81. The first-order valence-corrected chi connectivity index (χ1v) is 10.0. The molecule has 2 saturated heterocycles. The summed E-state index contributed by atoms with van der Waals surface area (Å²) < 4.78 is 0. The fraction of sp³-hybridized carbons (Fsp3) is 0.895. The molecular weight excluding hydrogens is 300 g/mol. The molecule has 0 atom stereocenters. The van der Waals surface area contributed by atoms with Gasteiger partial charge in [-0.25, -0.2) is 0 Å². The van der Waals surface area contributed by atoms with Crippen molar-refractivity contribution in [2.45, 2.75) is 64.7 Å². The number of guanidine groups is 1. The summed E-state index contributed by atoms with van der Waals surface area (Å²) >= 11 is 0. The minimum absolute atomic E-state index is 0.275. The van der Waals surface area contributed by atoms with Crippen molar-refractivity contribution in [1.29, 1.82) is 0 Å². The van der Waals surface area contributed by atoms with Gasteiger partial charge >= 0.3 is 0 Å². The zero-order valence-corrected chi connectivity index (χ0v) is 15.4. The monoisotopic (exact) mass is 334 g/mol. The molecule has 1 spiro atoms. The van der Waals surface area contributed by atoms with E-state index in [2.05, 4.69) is 17.1 Å². The van der Waals surface area contributed by atoms with Crippen LogP contribution in [0, 0.1) is 5.41 Å². The van der Waals surface area contributed by atoms with Crippen molar-refractivity contribution in [3.8, 4) is 0 Å². The van der Waals surface area contributed by atoms with Gasteiger partial charge in [-0.05, 0) is 44.4 Å². The van der Waals surface area contributed by atoms with E-state index < -0.39 is 0 Å². The summed E-state index contributed by atoms with van der Waals surface area (Å²) in [6.07, 6.45) is 11.2. The predicted octanol–water partition coefficient (Wildman–Crippen LogP) is 2.62. The second kappa shape index (κ2) is 8.21. The van der Waals surface area contributed by atoms with Gasteiger partial charge < -0.3 is 15.1 Å². The lowest BCUT2D eigenvalue weighted by molar-refractivity contribution is -0.129. The molecule has 2 heterocycles. The molecule has 1 N–H and O–H groups in total. The van der Waals surface area contributed by atoms with E-state index in [0.717, 1.165) is 51.5 Å². The number of aliphatic imine (C=N–C) groups is 1. The van der Waals surface area contributed by atoms with Crippen molar-refractivity contribution >= 4 is 11.9 Å². The van der Waals surface area contributed by atoms with Crippen LogP contribution in [-0.2, 0) is 4.79 Å². The van der Waals surface area contributed by atoms with Gasteiger partial charge in [0.2, 0.25) is 5.91 Å². The molecule has 0 aromatic heterocycles. The zero-order chi connectivity index (χ0) is 16.8. The molecular formula is C19H34N4O. The summed E-state index contributed by atoms with van der Waals surface area (Å²) in [5.41, 5.74) is 0.541. The number of carbonyl (C=O) groups is 1. The van der Waals surface area contributed by atoms with Gasteiger partial charge in [-0.3, -0.25) is 9.79 Å². The molecule has 24 heavy (non-hydrogen) atoms. The maximum Gasteiger partial charge on any atom is 0.224 e. The Labute approximate surface area is 146 Å². The number of carbonyl (C=O) groups excluding carboxylic acids is 1. The van der Waals surface area contributed by atoms with Gasteiger partial charge in [0.15, 0.2) is 5.96 Å². The number of nitrogens with zero attached hydrogens (tertiary/aromatic N) is 3. The summed E-state index contributed by atoms with van der Waals surface area (Å²) in [6, 6.07) is 0. The Balaban J connectivity index is 1.52. The Kier molecular flexibility index (Phi) is 6.01. The maximum absolute atomic E-state index is 12.2. The highest BCUT2D eigenvalue weighted by molar-refractivity contribution is 5.81. The summed E-state index contributed by atoms with van der Waals surface area (Å²) in [5, 5.41) is 3.44. The van der Waals surface area contributed by atoms with Crippen LogP contribution in [0.5, 0.6) is 0 Å². The maximum atomic E-state index is 12.2. The van der Waals surface area contributed by atoms with Crippen LogP contribution in [0.3, 0.4) is 0 Å². The molecule has 0 bridgehead atoms. The fourth-order valence-corrected chi connectivity index (χ4v) is 4.63. The number of hydrogen-bond donors (Lipinski definition) is 1.